The van der Waals surface area contributed by atoms with E-state index in [2.05, 4.69) is 27.5 Å². The Morgan fingerprint density at radius 3 is 2.81 bits per heavy atom. The van der Waals surface area contributed by atoms with Crippen LogP contribution in [0.3, 0.4) is 0 Å². The Balaban J connectivity index is 1.42. The van der Waals surface area contributed by atoms with Crippen molar-refractivity contribution < 1.29 is 4.79 Å². The number of aryl methyl sites for hydroxylation is 2. The van der Waals surface area contributed by atoms with E-state index in [4.69, 9.17) is 4.98 Å². The highest BCUT2D eigenvalue weighted by Crippen LogP contribution is 2.29. The zero-order valence-electron chi connectivity index (χ0n) is 17.8. The number of benzene rings is 1. The van der Waals surface area contributed by atoms with Gasteiger partial charge in [0.2, 0.25) is 0 Å². The Kier molecular flexibility index (Phi) is 5.28. The molecule has 0 radical (unpaired) electrons. The minimum atomic E-state index is -0.133. The summed E-state index contributed by atoms with van der Waals surface area (Å²) in [4.78, 5) is 23.1. The molecule has 8 heteroatoms. The molecular weight excluding hydrogens is 420 g/mol. The van der Waals surface area contributed by atoms with Crippen LogP contribution in [0.5, 0.6) is 0 Å². The molecule has 1 amide bonds. The predicted molar refractivity (Wildman–Crippen MR) is 126 cm³/mol. The summed E-state index contributed by atoms with van der Waals surface area (Å²) >= 11 is 1.60. The van der Waals surface area contributed by atoms with Crippen LogP contribution in [-0.2, 0) is 20.1 Å². The number of hydrogen-bond acceptors (Lipinski definition) is 5. The Morgan fingerprint density at radius 1 is 1.16 bits per heavy atom. The molecule has 32 heavy (non-hydrogen) atoms. The molecule has 0 saturated carbocycles. The van der Waals surface area contributed by atoms with Gasteiger partial charge in [-0.3, -0.25) is 9.48 Å². The molecule has 160 valence electrons. The van der Waals surface area contributed by atoms with Crippen LogP contribution in [0.15, 0.2) is 66.6 Å². The smallest absolute Gasteiger partial charge is 0.252 e. The van der Waals surface area contributed by atoms with Crippen LogP contribution in [-0.4, -0.2) is 30.2 Å². The number of nitrogens with zero attached hydrogens (tertiary/aromatic N) is 5. The maximum absolute atomic E-state index is 13.3. The third kappa shape index (κ3) is 3.92. The van der Waals surface area contributed by atoms with E-state index in [1.165, 1.54) is 0 Å². The van der Waals surface area contributed by atoms with E-state index in [1.807, 2.05) is 60.4 Å². The molecule has 1 aromatic carbocycles. The lowest BCUT2D eigenvalue weighted by molar-refractivity contribution is 0.0952. The quantitative estimate of drug-likeness (QED) is 0.428. The summed E-state index contributed by atoms with van der Waals surface area (Å²) in [6.45, 7) is 3.09. The molecule has 1 N–H and O–H groups in total. The van der Waals surface area contributed by atoms with Crippen LogP contribution in [0.4, 0.5) is 0 Å². The van der Waals surface area contributed by atoms with Gasteiger partial charge in [-0.05, 0) is 35.6 Å². The van der Waals surface area contributed by atoms with Gasteiger partial charge in [0.05, 0.1) is 33.5 Å². The minimum Gasteiger partial charge on any atom is -0.348 e. The first-order chi connectivity index (χ1) is 15.6. The highest BCUT2D eigenvalue weighted by molar-refractivity contribution is 7.13. The summed E-state index contributed by atoms with van der Waals surface area (Å²) in [5, 5.41) is 10.4. The molecule has 0 unspecified atom stereocenters. The average molecular weight is 443 g/mol. The lowest BCUT2D eigenvalue weighted by atomic mass is 10.1. The van der Waals surface area contributed by atoms with Gasteiger partial charge in [-0.15, -0.1) is 11.3 Å². The van der Waals surface area contributed by atoms with E-state index < -0.39 is 0 Å². The molecule has 0 fully saturated rings. The molecule has 0 spiro atoms. The van der Waals surface area contributed by atoms with Crippen LogP contribution < -0.4 is 5.32 Å². The van der Waals surface area contributed by atoms with Gasteiger partial charge in [-0.2, -0.15) is 5.10 Å². The number of carbonyl (C=O) groups excluding carboxylic acids is 1. The fraction of sp³-hybridized carbons (Fsp3) is 0.167. The predicted octanol–water partition coefficient (Wildman–Crippen LogP) is 4.18. The number of rotatable bonds is 6. The average Bonchev–Trinajstić information content (AvgIpc) is 3.55. The van der Waals surface area contributed by atoms with Crippen molar-refractivity contribution in [1.29, 1.82) is 0 Å². The van der Waals surface area contributed by atoms with Crippen molar-refractivity contribution in [2.24, 2.45) is 7.05 Å². The normalized spacial score (nSPS) is 11.2. The lowest BCUT2D eigenvalue weighted by Crippen LogP contribution is -2.23. The van der Waals surface area contributed by atoms with Gasteiger partial charge in [-0.25, -0.2) is 9.97 Å². The molecule has 0 aliphatic heterocycles. The standard InChI is InChI=1S/C24H22N6OS/c1-16-22-19(12-20(21-7-4-10-32-21)27-23(22)29(2)28-16)24(31)26-13-17-5-3-6-18(11-17)14-30-9-8-25-15-30/h3-12,15H,13-14H2,1-2H3,(H,26,31). The maximum Gasteiger partial charge on any atom is 0.252 e. The van der Waals surface area contributed by atoms with Gasteiger partial charge in [0, 0.05) is 32.5 Å². The third-order valence-corrected chi connectivity index (χ3v) is 6.25. The van der Waals surface area contributed by atoms with Gasteiger partial charge in [0.25, 0.3) is 5.91 Å². The number of imidazole rings is 1. The molecule has 0 aliphatic carbocycles. The maximum atomic E-state index is 13.3. The summed E-state index contributed by atoms with van der Waals surface area (Å²) < 4.78 is 3.75. The Hall–Kier alpha value is -3.78. The van der Waals surface area contributed by atoms with E-state index in [0.717, 1.165) is 39.3 Å². The monoisotopic (exact) mass is 442 g/mol. The fourth-order valence-electron chi connectivity index (χ4n) is 3.88. The molecule has 5 aromatic rings. The third-order valence-electron chi connectivity index (χ3n) is 5.36. The Bertz CT molecular complexity index is 1390. The summed E-state index contributed by atoms with van der Waals surface area (Å²) in [5.74, 6) is -0.133. The molecule has 5 rings (SSSR count). The van der Waals surface area contributed by atoms with Gasteiger partial charge >= 0.3 is 0 Å². The van der Waals surface area contributed by atoms with Crippen molar-refractivity contribution in [3.63, 3.8) is 0 Å². The van der Waals surface area contributed by atoms with Crippen LogP contribution in [0.1, 0.15) is 27.2 Å². The summed E-state index contributed by atoms with van der Waals surface area (Å²) in [6, 6.07) is 14.1. The number of thiophene rings is 1. The van der Waals surface area contributed by atoms with Crippen LogP contribution in [0, 0.1) is 6.92 Å². The first-order valence-corrected chi connectivity index (χ1v) is 11.2. The molecule has 0 aliphatic rings. The molecule has 0 bridgehead atoms. The first-order valence-electron chi connectivity index (χ1n) is 10.3. The van der Waals surface area contributed by atoms with E-state index >= 15 is 0 Å². The SMILES string of the molecule is Cc1nn(C)c2nc(-c3cccs3)cc(C(=O)NCc3cccc(Cn4ccnc4)c3)c12. The zero-order chi connectivity index (χ0) is 22.1. The number of nitrogens with one attached hydrogen (secondary N) is 1. The highest BCUT2D eigenvalue weighted by atomic mass is 32.1. The van der Waals surface area contributed by atoms with Gasteiger partial charge in [0.15, 0.2) is 5.65 Å². The number of aromatic nitrogens is 5. The number of carbonyl (C=O) groups is 1. The topological polar surface area (TPSA) is 77.6 Å². The van der Waals surface area contributed by atoms with Crippen molar-refractivity contribution in [2.75, 3.05) is 0 Å². The first kappa shape index (κ1) is 20.1. The lowest BCUT2D eigenvalue weighted by Gasteiger charge is -2.10. The van der Waals surface area contributed by atoms with Crippen LogP contribution in [0.2, 0.25) is 0 Å². The summed E-state index contributed by atoms with van der Waals surface area (Å²) in [6.07, 6.45) is 5.50. The Morgan fingerprint density at radius 2 is 2.03 bits per heavy atom. The fourth-order valence-corrected chi connectivity index (χ4v) is 4.57. The highest BCUT2D eigenvalue weighted by Gasteiger charge is 2.19. The van der Waals surface area contributed by atoms with E-state index in [0.29, 0.717) is 17.8 Å². The van der Waals surface area contributed by atoms with E-state index in [9.17, 15) is 4.79 Å². The minimum absolute atomic E-state index is 0.133. The largest absolute Gasteiger partial charge is 0.348 e. The van der Waals surface area contributed by atoms with Crippen molar-refractivity contribution in [2.45, 2.75) is 20.0 Å². The van der Waals surface area contributed by atoms with E-state index in [-0.39, 0.29) is 5.91 Å². The second kappa shape index (κ2) is 8.39. The van der Waals surface area contributed by atoms with Gasteiger partial charge < -0.3 is 9.88 Å². The van der Waals surface area contributed by atoms with Gasteiger partial charge in [0.1, 0.15) is 0 Å². The van der Waals surface area contributed by atoms with Crippen LogP contribution in [0.25, 0.3) is 21.6 Å². The van der Waals surface area contributed by atoms with Gasteiger partial charge in [-0.1, -0.05) is 30.3 Å². The second-order valence-electron chi connectivity index (χ2n) is 7.68. The summed E-state index contributed by atoms with van der Waals surface area (Å²) in [5.41, 5.74) is 5.08. The molecule has 0 saturated heterocycles. The zero-order valence-corrected chi connectivity index (χ0v) is 18.6. The molecule has 4 heterocycles. The van der Waals surface area contributed by atoms with E-state index in [1.54, 1.807) is 28.5 Å². The molecular formula is C24H22N6OS. The van der Waals surface area contributed by atoms with Crippen LogP contribution >= 0.6 is 11.3 Å². The number of amides is 1. The van der Waals surface area contributed by atoms with Crippen molar-refractivity contribution in [3.8, 4) is 10.6 Å². The number of pyridine rings is 1. The number of fused-ring (bicyclic) bond motifs is 1. The summed E-state index contributed by atoms with van der Waals surface area (Å²) in [7, 11) is 1.86. The molecule has 4 aromatic heterocycles. The van der Waals surface area contributed by atoms with Crippen molar-refractivity contribution in [3.05, 3.63) is 88.9 Å². The Labute approximate surface area is 189 Å². The van der Waals surface area contributed by atoms with Crippen molar-refractivity contribution in [1.82, 2.24) is 29.6 Å². The molecule has 0 atom stereocenters. The molecule has 7 nitrogen and oxygen atoms in total. The van der Waals surface area contributed by atoms with Crippen molar-refractivity contribution >= 4 is 28.3 Å². The second-order valence-corrected chi connectivity index (χ2v) is 8.63. The number of hydrogen-bond donors (Lipinski definition) is 1.